The third kappa shape index (κ3) is 3.73. The molecule has 0 spiro atoms. The summed E-state index contributed by atoms with van der Waals surface area (Å²) in [5, 5.41) is 12.5. The van der Waals surface area contributed by atoms with Crippen LogP contribution in [0.4, 0.5) is 0 Å². The van der Waals surface area contributed by atoms with Gasteiger partial charge in [-0.1, -0.05) is 18.6 Å². The molecule has 1 fully saturated rings. The predicted molar refractivity (Wildman–Crippen MR) is 64.4 cm³/mol. The fourth-order valence-electron chi connectivity index (χ4n) is 1.73. The Bertz CT molecular complexity index is 282. The molecule has 0 radical (unpaired) electrons. The molecular weight excluding hydrogens is 210 g/mol. The number of hydrogen-bond acceptors (Lipinski definition) is 2. The molecule has 1 aromatic rings. The Morgan fingerprint density at radius 2 is 1.87 bits per heavy atom. The fraction of sp³-hybridized carbons (Fsp3) is 0.500. The van der Waals surface area contributed by atoms with Crippen LogP contribution in [-0.2, 0) is 6.54 Å². The van der Waals surface area contributed by atoms with Gasteiger partial charge in [-0.25, -0.2) is 0 Å². The fourth-order valence-corrected chi connectivity index (χ4v) is 1.73. The second-order valence-corrected chi connectivity index (χ2v) is 4.09. The van der Waals surface area contributed by atoms with Crippen LogP contribution in [-0.4, -0.2) is 11.7 Å². The summed E-state index contributed by atoms with van der Waals surface area (Å²) in [5.41, 5.74) is 1.24. The van der Waals surface area contributed by atoms with E-state index in [4.69, 9.17) is 5.11 Å². The van der Waals surface area contributed by atoms with E-state index in [2.05, 4.69) is 5.32 Å². The third-order valence-electron chi connectivity index (χ3n) is 2.92. The molecule has 0 amide bonds. The highest BCUT2D eigenvalue weighted by Crippen LogP contribution is 2.25. The van der Waals surface area contributed by atoms with Gasteiger partial charge < -0.3 is 10.4 Å². The largest absolute Gasteiger partial charge is 0.508 e. The van der Waals surface area contributed by atoms with Gasteiger partial charge in [0, 0.05) is 6.54 Å². The normalized spacial score (nSPS) is 15.5. The van der Waals surface area contributed by atoms with Gasteiger partial charge in [-0.3, -0.25) is 0 Å². The van der Waals surface area contributed by atoms with E-state index >= 15 is 0 Å². The molecule has 1 aliphatic rings. The number of rotatable bonds is 4. The molecule has 0 aromatic heterocycles. The first-order chi connectivity index (χ1) is 6.84. The molecular formula is C12H18ClNO. The van der Waals surface area contributed by atoms with Crippen LogP contribution in [0.1, 0.15) is 24.8 Å². The van der Waals surface area contributed by atoms with E-state index < -0.39 is 0 Å². The van der Waals surface area contributed by atoms with Crippen LogP contribution in [0, 0.1) is 5.92 Å². The SMILES string of the molecule is Cl.Oc1ccc(CNCC2CCC2)cc1. The van der Waals surface area contributed by atoms with Gasteiger partial charge in [0.2, 0.25) is 0 Å². The Labute approximate surface area is 97.1 Å². The van der Waals surface area contributed by atoms with E-state index in [9.17, 15) is 0 Å². The summed E-state index contributed by atoms with van der Waals surface area (Å²) in [6.45, 7) is 2.05. The van der Waals surface area contributed by atoms with Gasteiger partial charge in [0.1, 0.15) is 5.75 Å². The van der Waals surface area contributed by atoms with Gasteiger partial charge in [-0.05, 0) is 43.0 Å². The first-order valence-corrected chi connectivity index (χ1v) is 5.33. The molecule has 2 N–H and O–H groups in total. The molecule has 2 rings (SSSR count). The number of halogens is 1. The summed E-state index contributed by atoms with van der Waals surface area (Å²) in [4.78, 5) is 0. The van der Waals surface area contributed by atoms with E-state index in [1.807, 2.05) is 12.1 Å². The van der Waals surface area contributed by atoms with Crippen molar-refractivity contribution in [3.63, 3.8) is 0 Å². The van der Waals surface area contributed by atoms with Crippen LogP contribution in [0.2, 0.25) is 0 Å². The van der Waals surface area contributed by atoms with E-state index in [0.717, 1.165) is 19.0 Å². The molecule has 1 aliphatic carbocycles. The lowest BCUT2D eigenvalue weighted by Crippen LogP contribution is -2.26. The Hall–Kier alpha value is -0.730. The maximum atomic E-state index is 9.10. The maximum absolute atomic E-state index is 9.10. The van der Waals surface area contributed by atoms with Gasteiger partial charge in [-0.2, -0.15) is 0 Å². The van der Waals surface area contributed by atoms with Crippen molar-refractivity contribution in [3.8, 4) is 5.75 Å². The average Bonchev–Trinajstić information content (AvgIpc) is 2.12. The molecule has 0 heterocycles. The van der Waals surface area contributed by atoms with Crippen LogP contribution in [0.15, 0.2) is 24.3 Å². The van der Waals surface area contributed by atoms with Gasteiger partial charge >= 0.3 is 0 Å². The number of hydrogen-bond donors (Lipinski definition) is 2. The summed E-state index contributed by atoms with van der Waals surface area (Å²) in [6, 6.07) is 7.40. The summed E-state index contributed by atoms with van der Waals surface area (Å²) in [5.74, 6) is 1.25. The second kappa shape index (κ2) is 5.99. The molecule has 0 saturated heterocycles. The van der Waals surface area contributed by atoms with Crippen LogP contribution < -0.4 is 5.32 Å². The minimum Gasteiger partial charge on any atom is -0.508 e. The lowest BCUT2D eigenvalue weighted by molar-refractivity contribution is 0.301. The lowest BCUT2D eigenvalue weighted by atomic mass is 9.85. The van der Waals surface area contributed by atoms with E-state index in [1.165, 1.54) is 24.8 Å². The number of benzene rings is 1. The van der Waals surface area contributed by atoms with Crippen molar-refractivity contribution < 1.29 is 5.11 Å². The topological polar surface area (TPSA) is 32.3 Å². The minimum absolute atomic E-state index is 0. The molecule has 3 heteroatoms. The van der Waals surface area contributed by atoms with Gasteiger partial charge in [0.05, 0.1) is 0 Å². The van der Waals surface area contributed by atoms with Crippen LogP contribution in [0.5, 0.6) is 5.75 Å². The molecule has 1 saturated carbocycles. The van der Waals surface area contributed by atoms with Crippen molar-refractivity contribution in [2.75, 3.05) is 6.54 Å². The highest BCUT2D eigenvalue weighted by Gasteiger charge is 2.16. The zero-order valence-electron chi connectivity index (χ0n) is 8.78. The standard InChI is InChI=1S/C12H17NO.ClH/c14-12-6-4-11(5-7-12)9-13-8-10-2-1-3-10;/h4-7,10,13-14H,1-3,8-9H2;1H. The van der Waals surface area contributed by atoms with Crippen LogP contribution in [0.25, 0.3) is 0 Å². The van der Waals surface area contributed by atoms with Gasteiger partial charge in [-0.15, -0.1) is 12.4 Å². The molecule has 0 atom stereocenters. The monoisotopic (exact) mass is 227 g/mol. The van der Waals surface area contributed by atoms with E-state index in [-0.39, 0.29) is 12.4 Å². The van der Waals surface area contributed by atoms with Crippen molar-refractivity contribution >= 4 is 12.4 Å². The summed E-state index contributed by atoms with van der Waals surface area (Å²) in [6.07, 6.45) is 4.19. The minimum atomic E-state index is 0. The highest BCUT2D eigenvalue weighted by atomic mass is 35.5. The van der Waals surface area contributed by atoms with Crippen LogP contribution >= 0.6 is 12.4 Å². The second-order valence-electron chi connectivity index (χ2n) is 4.09. The zero-order chi connectivity index (χ0) is 9.80. The van der Waals surface area contributed by atoms with E-state index in [1.54, 1.807) is 12.1 Å². The predicted octanol–water partition coefficient (Wildman–Crippen LogP) is 2.70. The Morgan fingerprint density at radius 3 is 2.40 bits per heavy atom. The molecule has 84 valence electrons. The molecule has 0 bridgehead atoms. The summed E-state index contributed by atoms with van der Waals surface area (Å²) < 4.78 is 0. The van der Waals surface area contributed by atoms with Crippen molar-refractivity contribution in [2.45, 2.75) is 25.8 Å². The lowest BCUT2D eigenvalue weighted by Gasteiger charge is -2.25. The average molecular weight is 228 g/mol. The Morgan fingerprint density at radius 1 is 1.20 bits per heavy atom. The first-order valence-electron chi connectivity index (χ1n) is 5.33. The molecule has 2 nitrogen and oxygen atoms in total. The first kappa shape index (κ1) is 12.3. The zero-order valence-corrected chi connectivity index (χ0v) is 9.59. The van der Waals surface area contributed by atoms with Crippen molar-refractivity contribution in [3.05, 3.63) is 29.8 Å². The smallest absolute Gasteiger partial charge is 0.115 e. The van der Waals surface area contributed by atoms with Gasteiger partial charge in [0.15, 0.2) is 0 Å². The molecule has 0 aliphatic heterocycles. The Kier molecular flexibility index (Phi) is 4.92. The quantitative estimate of drug-likeness (QED) is 0.829. The number of aromatic hydroxyl groups is 1. The van der Waals surface area contributed by atoms with Crippen molar-refractivity contribution in [2.24, 2.45) is 5.92 Å². The maximum Gasteiger partial charge on any atom is 0.115 e. The summed E-state index contributed by atoms with van der Waals surface area (Å²) in [7, 11) is 0. The van der Waals surface area contributed by atoms with Crippen molar-refractivity contribution in [1.82, 2.24) is 5.32 Å². The highest BCUT2D eigenvalue weighted by molar-refractivity contribution is 5.85. The molecule has 0 unspecified atom stereocenters. The number of phenols is 1. The third-order valence-corrected chi connectivity index (χ3v) is 2.92. The van der Waals surface area contributed by atoms with E-state index in [0.29, 0.717) is 5.75 Å². The molecule has 1 aromatic carbocycles. The number of nitrogens with one attached hydrogen (secondary N) is 1. The van der Waals surface area contributed by atoms with Gasteiger partial charge in [0.25, 0.3) is 0 Å². The summed E-state index contributed by atoms with van der Waals surface area (Å²) >= 11 is 0. The number of phenolic OH excluding ortho intramolecular Hbond substituents is 1. The van der Waals surface area contributed by atoms with Crippen molar-refractivity contribution in [1.29, 1.82) is 0 Å². The molecule has 15 heavy (non-hydrogen) atoms. The van der Waals surface area contributed by atoms with Crippen LogP contribution in [0.3, 0.4) is 0 Å². The Balaban J connectivity index is 0.00000112.